The van der Waals surface area contributed by atoms with Crippen molar-refractivity contribution in [3.8, 4) is 0 Å². The SMILES string of the molecule is Cn1cnc(S(=O)(=O)CCc2ccc3c(c2)C(C(C)(C)c2ccc(Cl)cc2)NCC3)c1. The topological polar surface area (TPSA) is 64.0 Å². The third-order valence-corrected chi connectivity index (χ3v) is 8.07. The number of nitrogens with one attached hydrogen (secondary N) is 1. The second-order valence-electron chi connectivity index (χ2n) is 8.85. The predicted octanol–water partition coefficient (Wildman–Crippen LogP) is 4.25. The van der Waals surface area contributed by atoms with Crippen molar-refractivity contribution in [1.29, 1.82) is 0 Å². The van der Waals surface area contributed by atoms with Gasteiger partial charge in [0.1, 0.15) is 0 Å². The molecule has 4 rings (SSSR count). The standard InChI is InChI=1S/C24H28ClN3O2S/c1-24(2,19-6-8-20(25)9-7-19)23-21-14-17(4-5-18(21)10-12-26-23)11-13-31(29,30)22-15-28(3)16-27-22/h4-9,14-16,23,26H,10-13H2,1-3H3. The quantitative estimate of drug-likeness (QED) is 0.600. The first-order chi connectivity index (χ1) is 14.7. The van der Waals surface area contributed by atoms with Crippen LogP contribution in [-0.4, -0.2) is 30.3 Å². The molecule has 2 aromatic carbocycles. The van der Waals surface area contributed by atoms with E-state index in [1.165, 1.54) is 23.0 Å². The fourth-order valence-electron chi connectivity index (χ4n) is 4.35. The lowest BCUT2D eigenvalue weighted by Crippen LogP contribution is -2.41. The van der Waals surface area contributed by atoms with Crippen LogP contribution < -0.4 is 5.32 Å². The van der Waals surface area contributed by atoms with Gasteiger partial charge in [0, 0.05) is 29.7 Å². The maximum Gasteiger partial charge on any atom is 0.197 e. The summed E-state index contributed by atoms with van der Waals surface area (Å²) in [5.74, 6) is 0.0431. The van der Waals surface area contributed by atoms with E-state index in [9.17, 15) is 8.42 Å². The van der Waals surface area contributed by atoms with Crippen molar-refractivity contribution in [2.45, 2.75) is 43.2 Å². The molecule has 0 fully saturated rings. The zero-order chi connectivity index (χ0) is 22.2. The van der Waals surface area contributed by atoms with Gasteiger partial charge in [0.25, 0.3) is 0 Å². The number of aromatic nitrogens is 2. The molecule has 1 aliphatic heterocycles. The molecule has 1 N–H and O–H groups in total. The zero-order valence-electron chi connectivity index (χ0n) is 18.1. The third-order valence-electron chi connectivity index (χ3n) is 6.23. The van der Waals surface area contributed by atoms with Gasteiger partial charge in [-0.3, -0.25) is 0 Å². The Hall–Kier alpha value is -2.15. The van der Waals surface area contributed by atoms with Gasteiger partial charge in [0.15, 0.2) is 14.9 Å². The lowest BCUT2D eigenvalue weighted by atomic mass is 9.72. The molecular weight excluding hydrogens is 430 g/mol. The van der Waals surface area contributed by atoms with Gasteiger partial charge in [-0.15, -0.1) is 0 Å². The molecule has 31 heavy (non-hydrogen) atoms. The Morgan fingerprint density at radius 1 is 1.19 bits per heavy atom. The number of aryl methyl sites for hydroxylation is 2. The van der Waals surface area contributed by atoms with E-state index in [2.05, 4.69) is 54.5 Å². The Morgan fingerprint density at radius 2 is 1.94 bits per heavy atom. The molecule has 0 radical (unpaired) electrons. The summed E-state index contributed by atoms with van der Waals surface area (Å²) in [5.41, 5.74) is 4.66. The van der Waals surface area contributed by atoms with E-state index in [-0.39, 0.29) is 22.2 Å². The molecule has 1 atom stereocenters. The Bertz CT molecular complexity index is 1180. The largest absolute Gasteiger partial charge is 0.339 e. The Balaban J connectivity index is 1.60. The van der Waals surface area contributed by atoms with Crippen molar-refractivity contribution in [3.63, 3.8) is 0 Å². The van der Waals surface area contributed by atoms with Gasteiger partial charge in [-0.05, 0) is 53.8 Å². The van der Waals surface area contributed by atoms with Gasteiger partial charge in [-0.1, -0.05) is 55.8 Å². The van der Waals surface area contributed by atoms with Crippen LogP contribution in [0.15, 0.2) is 60.0 Å². The van der Waals surface area contributed by atoms with Crippen LogP contribution in [0.2, 0.25) is 5.02 Å². The molecular formula is C24H28ClN3O2S. The number of imidazole rings is 1. The normalized spacial score (nSPS) is 16.8. The summed E-state index contributed by atoms with van der Waals surface area (Å²) in [6.07, 6.45) is 4.49. The molecule has 0 spiro atoms. The van der Waals surface area contributed by atoms with Crippen molar-refractivity contribution in [2.24, 2.45) is 7.05 Å². The molecule has 0 amide bonds. The summed E-state index contributed by atoms with van der Waals surface area (Å²) in [6, 6.07) is 14.6. The van der Waals surface area contributed by atoms with E-state index in [1.807, 2.05) is 12.1 Å². The Morgan fingerprint density at radius 3 is 2.61 bits per heavy atom. The molecule has 2 heterocycles. The fraction of sp³-hybridized carbons (Fsp3) is 0.375. The highest BCUT2D eigenvalue weighted by Crippen LogP contribution is 2.40. The summed E-state index contributed by atoms with van der Waals surface area (Å²) < 4.78 is 26.9. The van der Waals surface area contributed by atoms with E-state index >= 15 is 0 Å². The number of halogens is 1. The van der Waals surface area contributed by atoms with Gasteiger partial charge in [0.05, 0.1) is 12.1 Å². The van der Waals surface area contributed by atoms with Gasteiger partial charge in [-0.2, -0.15) is 0 Å². The van der Waals surface area contributed by atoms with Gasteiger partial charge < -0.3 is 9.88 Å². The van der Waals surface area contributed by atoms with Crippen molar-refractivity contribution in [3.05, 3.63) is 82.3 Å². The third kappa shape index (κ3) is 4.56. The summed E-state index contributed by atoms with van der Waals surface area (Å²) >= 11 is 6.10. The van der Waals surface area contributed by atoms with Crippen LogP contribution >= 0.6 is 11.6 Å². The first-order valence-corrected chi connectivity index (χ1v) is 12.5. The van der Waals surface area contributed by atoms with Crippen molar-refractivity contribution >= 4 is 21.4 Å². The number of benzene rings is 2. The highest BCUT2D eigenvalue weighted by atomic mass is 35.5. The first kappa shape index (κ1) is 22.1. The second kappa shape index (κ2) is 8.41. The minimum atomic E-state index is -3.41. The second-order valence-corrected chi connectivity index (χ2v) is 11.3. The van der Waals surface area contributed by atoms with Crippen LogP contribution in [0, 0.1) is 0 Å². The number of sulfone groups is 1. The average molecular weight is 458 g/mol. The van der Waals surface area contributed by atoms with Gasteiger partial charge in [-0.25, -0.2) is 13.4 Å². The molecule has 0 saturated heterocycles. The van der Waals surface area contributed by atoms with Crippen LogP contribution in [0.5, 0.6) is 0 Å². The van der Waals surface area contributed by atoms with Crippen LogP contribution in [0.3, 0.4) is 0 Å². The van der Waals surface area contributed by atoms with E-state index in [1.54, 1.807) is 17.8 Å². The molecule has 0 saturated carbocycles. The monoisotopic (exact) mass is 457 g/mol. The molecule has 1 aromatic heterocycles. The number of hydrogen-bond donors (Lipinski definition) is 1. The van der Waals surface area contributed by atoms with Crippen molar-refractivity contribution in [2.75, 3.05) is 12.3 Å². The smallest absolute Gasteiger partial charge is 0.197 e. The highest BCUT2D eigenvalue weighted by molar-refractivity contribution is 7.91. The molecule has 0 aliphatic carbocycles. The molecule has 3 aromatic rings. The summed E-state index contributed by atoms with van der Waals surface area (Å²) in [4.78, 5) is 4.01. The first-order valence-electron chi connectivity index (χ1n) is 10.5. The Kier molecular flexibility index (Phi) is 5.99. The lowest BCUT2D eigenvalue weighted by Gasteiger charge is -2.40. The number of fused-ring (bicyclic) bond motifs is 1. The zero-order valence-corrected chi connectivity index (χ0v) is 19.7. The molecule has 1 aliphatic rings. The van der Waals surface area contributed by atoms with E-state index in [0.717, 1.165) is 23.6 Å². The van der Waals surface area contributed by atoms with Crippen molar-refractivity contribution in [1.82, 2.24) is 14.9 Å². The minimum Gasteiger partial charge on any atom is -0.339 e. The molecule has 7 heteroatoms. The van der Waals surface area contributed by atoms with E-state index in [4.69, 9.17) is 11.6 Å². The summed E-state index contributed by atoms with van der Waals surface area (Å²) in [5, 5.41) is 4.56. The van der Waals surface area contributed by atoms with Crippen LogP contribution in [0.25, 0.3) is 0 Å². The molecule has 0 bridgehead atoms. The summed E-state index contributed by atoms with van der Waals surface area (Å²) in [7, 11) is -1.64. The van der Waals surface area contributed by atoms with Crippen molar-refractivity contribution < 1.29 is 8.42 Å². The molecule has 1 unspecified atom stereocenters. The van der Waals surface area contributed by atoms with Crippen LogP contribution in [-0.2, 0) is 35.1 Å². The van der Waals surface area contributed by atoms with Crippen LogP contribution in [0.4, 0.5) is 0 Å². The van der Waals surface area contributed by atoms with E-state index < -0.39 is 9.84 Å². The Labute approximate surface area is 189 Å². The average Bonchev–Trinajstić information content (AvgIpc) is 3.19. The lowest BCUT2D eigenvalue weighted by molar-refractivity contribution is 0.335. The minimum absolute atomic E-state index is 0.0431. The number of nitrogens with zero attached hydrogens (tertiary/aromatic N) is 2. The summed E-state index contributed by atoms with van der Waals surface area (Å²) in [6.45, 7) is 5.39. The molecule has 164 valence electrons. The highest BCUT2D eigenvalue weighted by Gasteiger charge is 2.35. The van der Waals surface area contributed by atoms with E-state index in [0.29, 0.717) is 6.42 Å². The van der Waals surface area contributed by atoms with Crippen LogP contribution in [0.1, 0.15) is 42.1 Å². The number of rotatable bonds is 6. The van der Waals surface area contributed by atoms with Gasteiger partial charge >= 0.3 is 0 Å². The fourth-order valence-corrected chi connectivity index (χ4v) is 5.73. The number of hydrogen-bond acceptors (Lipinski definition) is 4. The molecule has 5 nitrogen and oxygen atoms in total. The van der Waals surface area contributed by atoms with Gasteiger partial charge in [0.2, 0.25) is 0 Å². The maximum absolute atomic E-state index is 12.6. The predicted molar refractivity (Wildman–Crippen MR) is 124 cm³/mol. The maximum atomic E-state index is 12.6.